The van der Waals surface area contributed by atoms with Gasteiger partial charge in [0.05, 0.1) is 0 Å². The lowest BCUT2D eigenvalue weighted by atomic mass is 10.3. The minimum atomic E-state index is -6.26. The fourth-order valence-electron chi connectivity index (χ4n) is 0.304. The van der Waals surface area contributed by atoms with Crippen LogP contribution >= 0.6 is 0 Å². The number of hydrogen-bond donors (Lipinski definition) is 0. The van der Waals surface area contributed by atoms with Crippen LogP contribution in [-0.4, -0.2) is 25.1 Å². The Hall–Kier alpha value is -0.600. The summed E-state index contributed by atoms with van der Waals surface area (Å²) in [5.41, 5.74) is 0. The van der Waals surface area contributed by atoms with Gasteiger partial charge in [-0.15, -0.1) is 0 Å². The van der Waals surface area contributed by atoms with E-state index >= 15 is 0 Å². The van der Waals surface area contributed by atoms with Gasteiger partial charge in [-0.2, -0.15) is 30.7 Å². The Morgan fingerprint density at radius 3 is 1.46 bits per heavy atom. The van der Waals surface area contributed by atoms with Gasteiger partial charge >= 0.3 is 18.7 Å². The van der Waals surface area contributed by atoms with Crippen LogP contribution in [0.1, 0.15) is 0 Å². The molecular weight excluding hydrogens is 216 g/mol. The fraction of sp³-hybridized carbons (Fsp3) is 1.00. The number of rotatable bonds is 3. The number of halogens is 8. The monoisotopic (exact) mass is 218 g/mol. The molecule has 9 heteroatoms. The average Bonchev–Trinajstić information content (AvgIpc) is 1.82. The van der Waals surface area contributed by atoms with E-state index in [-0.39, 0.29) is 0 Å². The normalized spacial score (nSPS) is 16.4. The Labute approximate surface area is 66.3 Å². The molecule has 0 heterocycles. The molecule has 0 aromatic carbocycles. The molecule has 0 saturated heterocycles. The lowest BCUT2D eigenvalue weighted by Gasteiger charge is -2.22. The molecule has 0 aromatic rings. The van der Waals surface area contributed by atoms with E-state index in [2.05, 4.69) is 4.74 Å². The van der Waals surface area contributed by atoms with E-state index in [9.17, 15) is 35.1 Å². The van der Waals surface area contributed by atoms with Crippen molar-refractivity contribution in [2.75, 3.05) is 0 Å². The van der Waals surface area contributed by atoms with Crippen molar-refractivity contribution in [3.63, 3.8) is 0 Å². The molecular formula is C4H2F8O. The summed E-state index contributed by atoms with van der Waals surface area (Å²) in [6.45, 7) is -4.04. The minimum absolute atomic E-state index is 2.37. The van der Waals surface area contributed by atoms with E-state index in [1.165, 1.54) is 0 Å². The van der Waals surface area contributed by atoms with Gasteiger partial charge in [0.15, 0.2) is 0 Å². The van der Waals surface area contributed by atoms with E-state index in [1.807, 2.05) is 0 Å². The highest BCUT2D eigenvalue weighted by atomic mass is 19.4. The van der Waals surface area contributed by atoms with Gasteiger partial charge in [-0.3, -0.25) is 4.74 Å². The Morgan fingerprint density at radius 2 is 1.23 bits per heavy atom. The van der Waals surface area contributed by atoms with Crippen molar-refractivity contribution in [1.29, 1.82) is 0 Å². The van der Waals surface area contributed by atoms with E-state index in [1.54, 1.807) is 0 Å². The SMILES string of the molecule is FC(F)OC(F)C(F)(F)C(F)(F)F. The molecule has 0 bridgehead atoms. The molecule has 1 atom stereocenters. The van der Waals surface area contributed by atoms with Crippen LogP contribution in [0.4, 0.5) is 35.1 Å². The minimum Gasteiger partial charge on any atom is -0.282 e. The van der Waals surface area contributed by atoms with Crippen LogP contribution in [0.3, 0.4) is 0 Å². The first-order chi connectivity index (χ1) is 5.59. The third kappa shape index (κ3) is 2.98. The second kappa shape index (κ2) is 3.64. The van der Waals surface area contributed by atoms with Gasteiger partial charge in [-0.05, 0) is 0 Å². The lowest BCUT2D eigenvalue weighted by molar-refractivity contribution is -0.362. The quantitative estimate of drug-likeness (QED) is 0.661. The zero-order chi connectivity index (χ0) is 10.9. The predicted molar refractivity (Wildman–Crippen MR) is 23.0 cm³/mol. The molecule has 0 aliphatic carbocycles. The highest BCUT2D eigenvalue weighted by Crippen LogP contribution is 2.40. The molecule has 80 valence electrons. The topological polar surface area (TPSA) is 9.23 Å². The molecule has 1 nitrogen and oxygen atoms in total. The fourth-order valence-corrected chi connectivity index (χ4v) is 0.304. The zero-order valence-corrected chi connectivity index (χ0v) is 5.59. The van der Waals surface area contributed by atoms with Gasteiger partial charge in [0.2, 0.25) is 0 Å². The molecule has 0 saturated carbocycles. The third-order valence-electron chi connectivity index (χ3n) is 0.885. The summed E-state index contributed by atoms with van der Waals surface area (Å²) in [5, 5.41) is 0. The second-order valence-corrected chi connectivity index (χ2v) is 1.83. The molecule has 0 aliphatic heterocycles. The van der Waals surface area contributed by atoms with E-state index in [0.29, 0.717) is 0 Å². The summed E-state index contributed by atoms with van der Waals surface area (Å²) in [6, 6.07) is 0. The summed E-state index contributed by atoms with van der Waals surface area (Å²) in [7, 11) is 0. The molecule has 0 radical (unpaired) electrons. The number of ether oxygens (including phenoxy) is 1. The van der Waals surface area contributed by atoms with E-state index in [0.717, 1.165) is 0 Å². The summed E-state index contributed by atoms with van der Waals surface area (Å²) in [4.78, 5) is 0. The van der Waals surface area contributed by atoms with Crippen molar-refractivity contribution in [2.45, 2.75) is 25.1 Å². The molecule has 0 N–H and O–H groups in total. The largest absolute Gasteiger partial charge is 0.459 e. The maximum atomic E-state index is 11.8. The van der Waals surface area contributed by atoms with Gasteiger partial charge in [-0.1, -0.05) is 0 Å². The van der Waals surface area contributed by atoms with Crippen molar-refractivity contribution in [2.24, 2.45) is 0 Å². The Bertz CT molecular complexity index is 162. The molecule has 0 amide bonds. The number of alkyl halides is 8. The van der Waals surface area contributed by atoms with E-state index < -0.39 is 25.1 Å². The van der Waals surface area contributed by atoms with Crippen LogP contribution in [0.2, 0.25) is 0 Å². The first-order valence-electron chi connectivity index (χ1n) is 2.61. The smallest absolute Gasteiger partial charge is 0.282 e. The maximum absolute atomic E-state index is 11.8. The van der Waals surface area contributed by atoms with Crippen LogP contribution in [-0.2, 0) is 4.74 Å². The van der Waals surface area contributed by atoms with Crippen LogP contribution in [0.15, 0.2) is 0 Å². The summed E-state index contributed by atoms with van der Waals surface area (Å²) >= 11 is 0. The van der Waals surface area contributed by atoms with Gasteiger partial charge < -0.3 is 0 Å². The predicted octanol–water partition coefficient (Wildman–Crippen LogP) is 2.72. The molecule has 0 rings (SSSR count). The van der Waals surface area contributed by atoms with Crippen LogP contribution in [0, 0.1) is 0 Å². The molecule has 0 aliphatic rings. The Morgan fingerprint density at radius 1 is 0.846 bits per heavy atom. The van der Waals surface area contributed by atoms with Crippen molar-refractivity contribution in [3.8, 4) is 0 Å². The second-order valence-electron chi connectivity index (χ2n) is 1.83. The lowest BCUT2D eigenvalue weighted by Crippen LogP contribution is -2.46. The highest BCUT2D eigenvalue weighted by molar-refractivity contribution is 4.78. The first-order valence-corrected chi connectivity index (χ1v) is 2.61. The molecule has 0 aromatic heterocycles. The third-order valence-corrected chi connectivity index (χ3v) is 0.885. The first kappa shape index (κ1) is 12.4. The van der Waals surface area contributed by atoms with Crippen LogP contribution in [0.25, 0.3) is 0 Å². The summed E-state index contributed by atoms with van der Waals surface area (Å²) < 4.78 is 93.3. The van der Waals surface area contributed by atoms with Gasteiger partial charge in [0.25, 0.3) is 6.36 Å². The Balaban J connectivity index is 4.45. The molecule has 0 fully saturated rings. The molecule has 13 heavy (non-hydrogen) atoms. The van der Waals surface area contributed by atoms with Crippen LogP contribution < -0.4 is 0 Å². The van der Waals surface area contributed by atoms with Gasteiger partial charge in [-0.25, -0.2) is 4.39 Å². The van der Waals surface area contributed by atoms with E-state index in [4.69, 9.17) is 0 Å². The maximum Gasteiger partial charge on any atom is 0.459 e. The molecule has 1 unspecified atom stereocenters. The zero-order valence-electron chi connectivity index (χ0n) is 5.59. The highest BCUT2D eigenvalue weighted by Gasteiger charge is 2.64. The van der Waals surface area contributed by atoms with Crippen molar-refractivity contribution in [1.82, 2.24) is 0 Å². The summed E-state index contributed by atoms with van der Waals surface area (Å²) in [5.74, 6) is -5.94. The standard InChI is InChI=1S/C4H2F8O/c5-1(13-2(6)7)3(8,9)4(10,11)12/h1-2H. The average molecular weight is 218 g/mol. The molecule has 0 spiro atoms. The number of hydrogen-bond acceptors (Lipinski definition) is 1. The van der Waals surface area contributed by atoms with Crippen molar-refractivity contribution >= 4 is 0 Å². The van der Waals surface area contributed by atoms with Crippen molar-refractivity contribution < 1.29 is 39.9 Å². The van der Waals surface area contributed by atoms with Gasteiger partial charge in [0, 0.05) is 0 Å². The van der Waals surface area contributed by atoms with Gasteiger partial charge in [0.1, 0.15) is 0 Å². The Kier molecular flexibility index (Phi) is 3.47. The van der Waals surface area contributed by atoms with Crippen LogP contribution in [0.5, 0.6) is 0 Å². The van der Waals surface area contributed by atoms with Crippen molar-refractivity contribution in [3.05, 3.63) is 0 Å². The summed E-state index contributed by atoms with van der Waals surface area (Å²) in [6.07, 6.45) is -10.7.